The molecule has 4 heterocycles. The average molecular weight is 419 g/mol. The molecule has 0 spiro atoms. The predicted octanol–water partition coefficient (Wildman–Crippen LogP) is 3.94. The lowest BCUT2D eigenvalue weighted by atomic mass is 9.96. The zero-order chi connectivity index (χ0) is 20.7. The zero-order valence-corrected chi connectivity index (χ0v) is 17.0. The molecule has 0 saturated carbocycles. The average Bonchev–Trinajstić information content (AvgIpc) is 3.41. The van der Waals surface area contributed by atoms with Crippen LogP contribution in [0.1, 0.15) is 24.1 Å². The van der Waals surface area contributed by atoms with Crippen molar-refractivity contribution in [2.24, 2.45) is 0 Å². The fourth-order valence-corrected chi connectivity index (χ4v) is 4.07. The Morgan fingerprint density at radius 1 is 1.10 bits per heavy atom. The minimum atomic E-state index is -0.0167. The van der Waals surface area contributed by atoms with Gasteiger partial charge in [-0.2, -0.15) is 10.2 Å². The van der Waals surface area contributed by atoms with Crippen LogP contribution in [-0.2, 0) is 6.54 Å². The van der Waals surface area contributed by atoms with Crippen molar-refractivity contribution in [2.45, 2.75) is 19.4 Å². The summed E-state index contributed by atoms with van der Waals surface area (Å²) < 4.78 is 3.55. The van der Waals surface area contributed by atoms with E-state index in [4.69, 9.17) is 21.8 Å². The molecule has 7 nitrogen and oxygen atoms in total. The maximum atomic E-state index is 9.10. The van der Waals surface area contributed by atoms with Crippen molar-refractivity contribution in [3.8, 4) is 11.3 Å². The largest absolute Gasteiger partial charge is 0.394 e. The third-order valence-corrected chi connectivity index (χ3v) is 5.73. The number of aromatic nitrogens is 6. The van der Waals surface area contributed by atoms with E-state index in [1.165, 1.54) is 0 Å². The summed E-state index contributed by atoms with van der Waals surface area (Å²) in [7, 11) is 0. The van der Waals surface area contributed by atoms with E-state index in [1.807, 2.05) is 53.3 Å². The number of pyridine rings is 1. The van der Waals surface area contributed by atoms with Gasteiger partial charge >= 0.3 is 0 Å². The smallest absolute Gasteiger partial charge is 0.153 e. The number of hydrogen-bond acceptors (Lipinski definition) is 5. The highest BCUT2D eigenvalue weighted by Crippen LogP contribution is 2.34. The molecule has 1 N–H and O–H groups in total. The maximum Gasteiger partial charge on any atom is 0.153 e. The summed E-state index contributed by atoms with van der Waals surface area (Å²) in [6.07, 6.45) is 7.23. The summed E-state index contributed by atoms with van der Waals surface area (Å²) in [5, 5.41) is 19.8. The quantitative estimate of drug-likeness (QED) is 0.467. The number of hydrogen-bond donors (Lipinski definition) is 1. The van der Waals surface area contributed by atoms with E-state index in [9.17, 15) is 0 Å². The minimum absolute atomic E-state index is 0.0167. The Labute approximate surface area is 177 Å². The highest BCUT2D eigenvalue weighted by atomic mass is 35.5. The minimum Gasteiger partial charge on any atom is -0.394 e. The molecule has 1 atom stereocenters. The van der Waals surface area contributed by atoms with Gasteiger partial charge in [-0.25, -0.2) is 9.50 Å². The van der Waals surface area contributed by atoms with Crippen LogP contribution in [-0.4, -0.2) is 41.1 Å². The molecular formula is C22H19ClN6O. The number of nitrogens with zero attached hydrogens (tertiary/aromatic N) is 6. The second-order valence-corrected chi connectivity index (χ2v) is 7.53. The molecule has 30 heavy (non-hydrogen) atoms. The van der Waals surface area contributed by atoms with Gasteiger partial charge in [0.25, 0.3) is 0 Å². The second-order valence-electron chi connectivity index (χ2n) is 7.15. The fraction of sp³-hybridized carbons (Fsp3) is 0.182. The summed E-state index contributed by atoms with van der Waals surface area (Å²) in [6.45, 7) is 2.59. The summed E-state index contributed by atoms with van der Waals surface area (Å²) in [6, 6.07) is 11.7. The lowest BCUT2D eigenvalue weighted by molar-refractivity contribution is 0.269. The Morgan fingerprint density at radius 2 is 2.00 bits per heavy atom. The van der Waals surface area contributed by atoms with Gasteiger partial charge in [0.1, 0.15) is 0 Å². The van der Waals surface area contributed by atoms with Crippen LogP contribution in [0, 0.1) is 0 Å². The molecule has 150 valence electrons. The van der Waals surface area contributed by atoms with Gasteiger partial charge in [0.2, 0.25) is 0 Å². The summed E-state index contributed by atoms with van der Waals surface area (Å²) >= 11 is 6.74. The molecule has 8 heteroatoms. The Hall–Kier alpha value is -3.29. The third kappa shape index (κ3) is 3.12. The van der Waals surface area contributed by atoms with Crippen molar-refractivity contribution < 1.29 is 5.11 Å². The van der Waals surface area contributed by atoms with Gasteiger partial charge in [0.15, 0.2) is 5.65 Å². The van der Waals surface area contributed by atoms with E-state index in [0.717, 1.165) is 39.1 Å². The predicted molar refractivity (Wildman–Crippen MR) is 116 cm³/mol. The van der Waals surface area contributed by atoms with Crippen molar-refractivity contribution in [2.75, 3.05) is 6.61 Å². The number of fused-ring (bicyclic) bond motifs is 2. The van der Waals surface area contributed by atoms with Gasteiger partial charge in [-0.3, -0.25) is 9.67 Å². The SMILES string of the molecule is CC(c1ccc2ncccc2c1Cl)c1cnc2ccc(-c3cnn(CCO)c3)nn12. The normalized spacial score (nSPS) is 12.6. The summed E-state index contributed by atoms with van der Waals surface area (Å²) in [5.41, 5.74) is 5.25. The number of rotatable bonds is 5. The first-order valence-corrected chi connectivity index (χ1v) is 10.0. The van der Waals surface area contributed by atoms with Crippen LogP contribution >= 0.6 is 11.6 Å². The first kappa shape index (κ1) is 18.7. The highest BCUT2D eigenvalue weighted by Gasteiger charge is 2.19. The number of imidazole rings is 1. The Kier molecular flexibility index (Phi) is 4.69. The molecule has 0 bridgehead atoms. The van der Waals surface area contributed by atoms with Crippen LogP contribution in [0.2, 0.25) is 5.02 Å². The third-order valence-electron chi connectivity index (χ3n) is 5.31. The van der Waals surface area contributed by atoms with Gasteiger partial charge in [-0.15, -0.1) is 0 Å². The molecule has 0 fully saturated rings. The van der Waals surface area contributed by atoms with Crippen LogP contribution in [0.25, 0.3) is 27.8 Å². The van der Waals surface area contributed by atoms with Crippen LogP contribution in [0.4, 0.5) is 0 Å². The van der Waals surface area contributed by atoms with Crippen molar-refractivity contribution in [3.05, 3.63) is 77.5 Å². The first-order chi connectivity index (χ1) is 14.7. The molecule has 0 aliphatic carbocycles. The van der Waals surface area contributed by atoms with Crippen molar-refractivity contribution >= 4 is 28.2 Å². The molecule has 5 rings (SSSR count). The summed E-state index contributed by atoms with van der Waals surface area (Å²) in [5.74, 6) is -0.0167. The number of benzene rings is 1. The molecular weight excluding hydrogens is 400 g/mol. The lowest BCUT2D eigenvalue weighted by Crippen LogP contribution is -2.05. The van der Waals surface area contributed by atoms with Crippen LogP contribution in [0.3, 0.4) is 0 Å². The van der Waals surface area contributed by atoms with Crippen molar-refractivity contribution in [3.63, 3.8) is 0 Å². The van der Waals surface area contributed by atoms with Crippen molar-refractivity contribution in [1.82, 2.24) is 29.4 Å². The number of aliphatic hydroxyl groups is 1. The molecule has 4 aromatic heterocycles. The summed E-state index contributed by atoms with van der Waals surface area (Å²) in [4.78, 5) is 8.90. The van der Waals surface area contributed by atoms with Gasteiger partial charge in [0.05, 0.1) is 47.5 Å². The van der Waals surface area contributed by atoms with Crippen LogP contribution < -0.4 is 0 Å². The number of aliphatic hydroxyl groups excluding tert-OH is 1. The second kappa shape index (κ2) is 7.51. The van der Waals surface area contributed by atoms with E-state index in [-0.39, 0.29) is 12.5 Å². The molecule has 0 radical (unpaired) electrons. The Bertz CT molecular complexity index is 1360. The van der Waals surface area contributed by atoms with E-state index in [0.29, 0.717) is 11.6 Å². The maximum absolute atomic E-state index is 9.10. The Balaban J connectivity index is 1.58. The van der Waals surface area contributed by atoms with E-state index in [1.54, 1.807) is 17.1 Å². The van der Waals surface area contributed by atoms with Gasteiger partial charge < -0.3 is 5.11 Å². The van der Waals surface area contributed by atoms with Crippen LogP contribution in [0.15, 0.2) is 61.2 Å². The zero-order valence-electron chi connectivity index (χ0n) is 16.3. The van der Waals surface area contributed by atoms with E-state index < -0.39 is 0 Å². The molecule has 5 aromatic rings. The molecule has 0 saturated heterocycles. The molecule has 1 unspecified atom stereocenters. The van der Waals surface area contributed by atoms with Gasteiger partial charge in [-0.05, 0) is 35.9 Å². The molecule has 0 amide bonds. The number of halogens is 1. The lowest BCUT2D eigenvalue weighted by Gasteiger charge is -2.15. The molecule has 0 aliphatic heterocycles. The highest BCUT2D eigenvalue weighted by molar-refractivity contribution is 6.36. The van der Waals surface area contributed by atoms with E-state index >= 15 is 0 Å². The first-order valence-electron chi connectivity index (χ1n) is 9.67. The van der Waals surface area contributed by atoms with Crippen molar-refractivity contribution in [1.29, 1.82) is 0 Å². The van der Waals surface area contributed by atoms with E-state index in [2.05, 4.69) is 22.0 Å². The van der Waals surface area contributed by atoms with Gasteiger partial charge in [0, 0.05) is 29.3 Å². The topological polar surface area (TPSA) is 81.1 Å². The molecule has 0 aliphatic rings. The monoisotopic (exact) mass is 418 g/mol. The molecule has 1 aromatic carbocycles. The fourth-order valence-electron chi connectivity index (χ4n) is 3.69. The Morgan fingerprint density at radius 3 is 2.87 bits per heavy atom. The van der Waals surface area contributed by atoms with Crippen LogP contribution in [0.5, 0.6) is 0 Å². The standard InChI is InChI=1S/C22H19ClN6O/c1-14(16-4-5-19-17(22(16)23)3-2-8-24-19)20-12-25-21-7-6-18(27-29(20)21)15-11-26-28(13-15)9-10-30/h2-8,11-14,30H,9-10H2,1H3. The van der Waals surface area contributed by atoms with Gasteiger partial charge in [-0.1, -0.05) is 24.6 Å².